The lowest BCUT2D eigenvalue weighted by Gasteiger charge is -2.10. The molecule has 0 bridgehead atoms. The molecule has 2 aromatic carbocycles. The van der Waals surface area contributed by atoms with Crippen molar-refractivity contribution in [2.75, 3.05) is 11.9 Å². The summed E-state index contributed by atoms with van der Waals surface area (Å²) < 4.78 is 42.5. The van der Waals surface area contributed by atoms with Crippen LogP contribution in [0.5, 0.6) is 0 Å². The van der Waals surface area contributed by atoms with Crippen molar-refractivity contribution in [2.24, 2.45) is 0 Å². The van der Waals surface area contributed by atoms with Crippen molar-refractivity contribution in [1.82, 2.24) is 24.6 Å². The smallest absolute Gasteiger partial charge is 0.264 e. The van der Waals surface area contributed by atoms with E-state index < -0.39 is 53.6 Å². The van der Waals surface area contributed by atoms with Crippen LogP contribution in [0, 0.1) is 31.3 Å². The van der Waals surface area contributed by atoms with E-state index in [9.17, 15) is 27.6 Å². The molecule has 4 rings (SSSR count). The van der Waals surface area contributed by atoms with Crippen molar-refractivity contribution >= 4 is 28.5 Å². The van der Waals surface area contributed by atoms with Gasteiger partial charge in [0.25, 0.3) is 5.56 Å². The van der Waals surface area contributed by atoms with Gasteiger partial charge in [-0.1, -0.05) is 6.07 Å². The van der Waals surface area contributed by atoms with Gasteiger partial charge in [0.1, 0.15) is 18.3 Å². The zero-order valence-electron chi connectivity index (χ0n) is 18.6. The lowest BCUT2D eigenvalue weighted by Crippen LogP contribution is -2.37. The maximum atomic E-state index is 13.7. The van der Waals surface area contributed by atoms with Gasteiger partial charge in [-0.25, -0.2) is 22.8 Å². The summed E-state index contributed by atoms with van der Waals surface area (Å²) in [6.07, 6.45) is 2.56. The third-order valence-electron chi connectivity index (χ3n) is 5.07. The fraction of sp³-hybridized carbons (Fsp3) is 0.174. The van der Waals surface area contributed by atoms with E-state index in [1.165, 1.54) is 17.2 Å². The zero-order valence-corrected chi connectivity index (χ0v) is 18.6. The Hall–Kier alpha value is -4.48. The maximum absolute atomic E-state index is 13.7. The second-order valence-electron chi connectivity index (χ2n) is 7.87. The van der Waals surface area contributed by atoms with Gasteiger partial charge in [0.2, 0.25) is 11.8 Å². The van der Waals surface area contributed by atoms with Gasteiger partial charge in [0.05, 0.1) is 24.1 Å². The first-order chi connectivity index (χ1) is 16.6. The SMILES string of the molecule is Cc1cc(C)cc(-n2ncc3c(=O)n(CC(=O)NCC(=O)Nc4ccc(F)c(F)c4F)cnc32)c1. The largest absolute Gasteiger partial charge is 0.345 e. The van der Waals surface area contributed by atoms with Crippen molar-refractivity contribution in [3.8, 4) is 5.69 Å². The highest BCUT2D eigenvalue weighted by Crippen LogP contribution is 2.19. The predicted octanol–water partition coefficient (Wildman–Crippen LogP) is 2.37. The number of anilines is 1. The van der Waals surface area contributed by atoms with Gasteiger partial charge < -0.3 is 10.6 Å². The van der Waals surface area contributed by atoms with Crippen LogP contribution in [0.15, 0.2) is 47.7 Å². The first kappa shape index (κ1) is 23.7. The van der Waals surface area contributed by atoms with Crippen LogP contribution in [0.4, 0.5) is 18.9 Å². The Morgan fingerprint density at radius 3 is 2.43 bits per heavy atom. The second-order valence-corrected chi connectivity index (χ2v) is 7.87. The van der Waals surface area contributed by atoms with Crippen LogP contribution in [-0.4, -0.2) is 37.7 Å². The number of rotatable bonds is 6. The highest BCUT2D eigenvalue weighted by Gasteiger charge is 2.17. The molecule has 35 heavy (non-hydrogen) atoms. The normalized spacial score (nSPS) is 11.0. The number of hydrogen-bond acceptors (Lipinski definition) is 5. The molecule has 0 aliphatic rings. The van der Waals surface area contributed by atoms with Gasteiger partial charge in [0.15, 0.2) is 23.1 Å². The van der Waals surface area contributed by atoms with Gasteiger partial charge in [-0.3, -0.25) is 19.0 Å². The van der Waals surface area contributed by atoms with E-state index in [1.807, 2.05) is 37.4 Å². The summed E-state index contributed by atoms with van der Waals surface area (Å²) >= 11 is 0. The molecule has 180 valence electrons. The maximum Gasteiger partial charge on any atom is 0.264 e. The molecule has 0 unspecified atom stereocenters. The van der Waals surface area contributed by atoms with Crippen LogP contribution in [0.2, 0.25) is 0 Å². The third-order valence-corrected chi connectivity index (χ3v) is 5.07. The van der Waals surface area contributed by atoms with Gasteiger partial charge in [-0.05, 0) is 49.2 Å². The van der Waals surface area contributed by atoms with Crippen molar-refractivity contribution < 1.29 is 22.8 Å². The molecule has 0 atom stereocenters. The van der Waals surface area contributed by atoms with E-state index >= 15 is 0 Å². The number of aromatic nitrogens is 4. The minimum absolute atomic E-state index is 0.200. The monoisotopic (exact) mass is 484 g/mol. The van der Waals surface area contributed by atoms with Crippen molar-refractivity contribution in [1.29, 1.82) is 0 Å². The second kappa shape index (κ2) is 9.41. The van der Waals surface area contributed by atoms with Crippen LogP contribution in [-0.2, 0) is 16.1 Å². The van der Waals surface area contributed by atoms with Crippen molar-refractivity contribution in [2.45, 2.75) is 20.4 Å². The number of carbonyl (C=O) groups is 2. The molecule has 9 nitrogen and oxygen atoms in total. The molecule has 2 aromatic heterocycles. The lowest BCUT2D eigenvalue weighted by molar-refractivity contribution is -0.124. The van der Waals surface area contributed by atoms with Gasteiger partial charge in [-0.15, -0.1) is 0 Å². The summed E-state index contributed by atoms with van der Waals surface area (Å²) in [5.41, 5.74) is 2.02. The number of carbonyl (C=O) groups excluding carboxylic acids is 2. The molecule has 12 heteroatoms. The van der Waals surface area contributed by atoms with E-state index in [-0.39, 0.29) is 5.39 Å². The summed E-state index contributed by atoms with van der Waals surface area (Å²) in [5, 5.41) is 8.75. The Bertz CT molecular complexity index is 1510. The fourth-order valence-corrected chi connectivity index (χ4v) is 3.53. The molecular formula is C23H19F3N6O3. The highest BCUT2D eigenvalue weighted by atomic mass is 19.2. The van der Waals surface area contributed by atoms with Gasteiger partial charge >= 0.3 is 0 Å². The Morgan fingerprint density at radius 1 is 1.00 bits per heavy atom. The summed E-state index contributed by atoms with van der Waals surface area (Å²) in [5.74, 6) is -6.26. The van der Waals surface area contributed by atoms with E-state index in [2.05, 4.69) is 15.4 Å². The molecule has 0 radical (unpaired) electrons. The average molecular weight is 484 g/mol. The molecule has 2 N–H and O–H groups in total. The Kier molecular flexibility index (Phi) is 6.36. The summed E-state index contributed by atoms with van der Waals surface area (Å²) in [6.45, 7) is 2.85. The molecule has 2 heterocycles. The number of benzene rings is 2. The molecule has 4 aromatic rings. The molecule has 2 amide bonds. The summed E-state index contributed by atoms with van der Waals surface area (Å²) in [4.78, 5) is 41.3. The lowest BCUT2D eigenvalue weighted by atomic mass is 10.1. The van der Waals surface area contributed by atoms with Crippen LogP contribution >= 0.6 is 0 Å². The van der Waals surface area contributed by atoms with Crippen molar-refractivity contribution in [3.63, 3.8) is 0 Å². The molecule has 0 fully saturated rings. The van der Waals surface area contributed by atoms with Crippen LogP contribution in [0.25, 0.3) is 16.7 Å². The van der Waals surface area contributed by atoms with Crippen molar-refractivity contribution in [3.05, 3.63) is 81.8 Å². The van der Waals surface area contributed by atoms with E-state index in [0.717, 1.165) is 27.4 Å². The minimum Gasteiger partial charge on any atom is -0.345 e. The number of hydrogen-bond donors (Lipinski definition) is 2. The fourth-order valence-electron chi connectivity index (χ4n) is 3.53. The van der Waals surface area contributed by atoms with Crippen LogP contribution < -0.4 is 16.2 Å². The van der Waals surface area contributed by atoms with E-state index in [0.29, 0.717) is 11.7 Å². The molecule has 0 saturated carbocycles. The quantitative estimate of drug-likeness (QED) is 0.409. The number of nitrogens with zero attached hydrogens (tertiary/aromatic N) is 4. The molecule has 0 saturated heterocycles. The van der Waals surface area contributed by atoms with E-state index in [1.54, 1.807) is 0 Å². The molecular weight excluding hydrogens is 465 g/mol. The topological polar surface area (TPSA) is 111 Å². The first-order valence-electron chi connectivity index (χ1n) is 10.4. The standard InChI is InChI=1S/C23H19F3N6O3/c1-12-5-13(2)7-14(6-12)32-22-15(8-29-32)23(35)31(11-28-22)10-19(34)27-9-18(33)30-17-4-3-16(24)20(25)21(17)26/h3-8,11H,9-10H2,1-2H3,(H,27,34)(H,30,33). The minimum atomic E-state index is -1.73. The number of nitrogens with one attached hydrogen (secondary N) is 2. The number of aryl methyl sites for hydroxylation is 2. The number of fused-ring (bicyclic) bond motifs is 1. The van der Waals surface area contributed by atoms with E-state index in [4.69, 9.17) is 0 Å². The Balaban J connectivity index is 1.44. The zero-order chi connectivity index (χ0) is 25.3. The third kappa shape index (κ3) is 4.90. The molecule has 0 spiro atoms. The summed E-state index contributed by atoms with van der Waals surface area (Å²) in [7, 11) is 0. The number of amides is 2. The van der Waals surface area contributed by atoms with Crippen LogP contribution in [0.1, 0.15) is 11.1 Å². The Labute approximate surface area is 196 Å². The summed E-state index contributed by atoms with van der Waals surface area (Å²) in [6, 6.07) is 7.31. The van der Waals surface area contributed by atoms with Gasteiger partial charge in [0, 0.05) is 0 Å². The Morgan fingerprint density at radius 2 is 1.71 bits per heavy atom. The number of halogens is 3. The highest BCUT2D eigenvalue weighted by molar-refractivity contribution is 5.94. The van der Waals surface area contributed by atoms with Gasteiger partial charge in [-0.2, -0.15) is 5.10 Å². The average Bonchev–Trinajstić information content (AvgIpc) is 3.24. The predicted molar refractivity (Wildman–Crippen MR) is 121 cm³/mol. The molecule has 0 aliphatic carbocycles. The molecule has 0 aliphatic heterocycles. The first-order valence-corrected chi connectivity index (χ1v) is 10.4. The van der Waals surface area contributed by atoms with Crippen LogP contribution in [0.3, 0.4) is 0 Å².